The number of hydrogen-bond donors (Lipinski definition) is 0. The van der Waals surface area contributed by atoms with Crippen LogP contribution in [0, 0.1) is 0 Å². The highest BCUT2D eigenvalue weighted by molar-refractivity contribution is 6.29. The van der Waals surface area contributed by atoms with E-state index in [2.05, 4.69) is 14.7 Å². The first-order valence-electron chi connectivity index (χ1n) is 4.87. The van der Waals surface area contributed by atoms with Gasteiger partial charge in [-0.15, -0.1) is 0 Å². The Kier molecular flexibility index (Phi) is 3.35. The Hall–Kier alpha value is -1.94. The summed E-state index contributed by atoms with van der Waals surface area (Å²) in [5, 5.41) is 0.339. The SMILES string of the molecule is COC(=O)C=Cc1ccc2ncc(Cl)nc2c1. The number of fused-ring (bicyclic) bond motifs is 1. The number of aromatic nitrogens is 2. The van der Waals surface area contributed by atoms with Crippen molar-refractivity contribution in [1.29, 1.82) is 0 Å². The lowest BCUT2D eigenvalue weighted by atomic mass is 10.2. The van der Waals surface area contributed by atoms with Crippen molar-refractivity contribution in [3.63, 3.8) is 0 Å². The van der Waals surface area contributed by atoms with Crippen LogP contribution in [-0.2, 0) is 9.53 Å². The van der Waals surface area contributed by atoms with Gasteiger partial charge in [0.15, 0.2) is 0 Å². The smallest absolute Gasteiger partial charge is 0.330 e. The van der Waals surface area contributed by atoms with Crippen LogP contribution in [0.15, 0.2) is 30.5 Å². The van der Waals surface area contributed by atoms with Crippen molar-refractivity contribution in [2.24, 2.45) is 0 Å². The van der Waals surface area contributed by atoms with E-state index < -0.39 is 5.97 Å². The molecule has 2 aromatic rings. The third-order valence-corrected chi connectivity index (χ3v) is 2.33. The van der Waals surface area contributed by atoms with E-state index in [1.165, 1.54) is 19.4 Å². The standard InChI is InChI=1S/C12H9ClN2O2/c1-17-12(16)5-3-8-2-4-9-10(6-8)15-11(13)7-14-9/h2-7H,1H3. The molecule has 0 spiro atoms. The lowest BCUT2D eigenvalue weighted by Crippen LogP contribution is -1.93. The molecule has 1 heterocycles. The van der Waals surface area contributed by atoms with Crippen LogP contribution in [0.2, 0.25) is 5.15 Å². The zero-order chi connectivity index (χ0) is 12.3. The van der Waals surface area contributed by atoms with E-state index in [4.69, 9.17) is 11.6 Å². The second-order valence-corrected chi connectivity index (χ2v) is 3.68. The maximum Gasteiger partial charge on any atom is 0.330 e. The topological polar surface area (TPSA) is 52.1 Å². The molecule has 0 N–H and O–H groups in total. The summed E-state index contributed by atoms with van der Waals surface area (Å²) < 4.78 is 4.50. The van der Waals surface area contributed by atoms with Crippen LogP contribution in [0.4, 0.5) is 0 Å². The molecule has 2 rings (SSSR count). The molecule has 5 heteroatoms. The highest BCUT2D eigenvalue weighted by Crippen LogP contribution is 2.15. The molecule has 0 saturated heterocycles. The number of carbonyl (C=O) groups is 1. The number of rotatable bonds is 2. The summed E-state index contributed by atoms with van der Waals surface area (Å²) in [6.45, 7) is 0. The number of hydrogen-bond acceptors (Lipinski definition) is 4. The number of benzene rings is 1. The molecule has 1 aromatic heterocycles. The van der Waals surface area contributed by atoms with Crippen molar-refractivity contribution in [3.05, 3.63) is 41.2 Å². The summed E-state index contributed by atoms with van der Waals surface area (Å²) in [7, 11) is 1.33. The van der Waals surface area contributed by atoms with Gasteiger partial charge in [-0.3, -0.25) is 4.98 Å². The minimum Gasteiger partial charge on any atom is -0.466 e. The lowest BCUT2D eigenvalue weighted by molar-refractivity contribution is -0.134. The van der Waals surface area contributed by atoms with E-state index in [-0.39, 0.29) is 0 Å². The van der Waals surface area contributed by atoms with Gasteiger partial charge in [0, 0.05) is 6.08 Å². The van der Waals surface area contributed by atoms with Crippen LogP contribution in [0.25, 0.3) is 17.1 Å². The summed E-state index contributed by atoms with van der Waals surface area (Å²) in [4.78, 5) is 19.2. The van der Waals surface area contributed by atoms with Gasteiger partial charge in [-0.05, 0) is 23.8 Å². The third kappa shape index (κ3) is 2.79. The fourth-order valence-corrected chi connectivity index (χ4v) is 1.48. The largest absolute Gasteiger partial charge is 0.466 e. The highest BCUT2D eigenvalue weighted by Gasteiger charge is 1.99. The summed E-state index contributed by atoms with van der Waals surface area (Å²) in [6.07, 6.45) is 4.49. The number of carbonyl (C=O) groups excluding carboxylic acids is 1. The molecule has 0 aliphatic carbocycles. The van der Waals surface area contributed by atoms with Crippen molar-refractivity contribution < 1.29 is 9.53 Å². The third-order valence-electron chi connectivity index (χ3n) is 2.15. The molecule has 0 unspecified atom stereocenters. The Labute approximate surface area is 103 Å². The Bertz CT molecular complexity index is 596. The molecule has 0 fully saturated rings. The van der Waals surface area contributed by atoms with E-state index in [0.717, 1.165) is 11.1 Å². The van der Waals surface area contributed by atoms with Gasteiger partial charge < -0.3 is 4.74 Å². The molecule has 0 bridgehead atoms. The maximum atomic E-state index is 10.9. The number of nitrogens with zero attached hydrogens (tertiary/aromatic N) is 2. The zero-order valence-electron chi connectivity index (χ0n) is 9.05. The van der Waals surface area contributed by atoms with Gasteiger partial charge in [0.2, 0.25) is 0 Å². The molecule has 86 valence electrons. The number of methoxy groups -OCH3 is 1. The van der Waals surface area contributed by atoms with E-state index in [9.17, 15) is 4.79 Å². The maximum absolute atomic E-state index is 10.9. The van der Waals surface area contributed by atoms with Crippen LogP contribution in [0.5, 0.6) is 0 Å². The Morgan fingerprint density at radius 3 is 3.00 bits per heavy atom. The van der Waals surface area contributed by atoms with Gasteiger partial charge in [-0.2, -0.15) is 0 Å². The van der Waals surface area contributed by atoms with Crippen LogP contribution < -0.4 is 0 Å². The summed E-state index contributed by atoms with van der Waals surface area (Å²) in [6, 6.07) is 5.45. The second-order valence-electron chi connectivity index (χ2n) is 3.30. The summed E-state index contributed by atoms with van der Waals surface area (Å²) in [5.41, 5.74) is 2.27. The molecule has 0 aliphatic rings. The molecule has 0 saturated carbocycles. The quantitative estimate of drug-likeness (QED) is 0.605. The normalized spacial score (nSPS) is 10.9. The molecule has 0 amide bonds. The van der Waals surface area contributed by atoms with Crippen molar-refractivity contribution in [1.82, 2.24) is 9.97 Å². The Balaban J connectivity index is 2.37. The predicted molar refractivity (Wildman–Crippen MR) is 65.6 cm³/mol. The van der Waals surface area contributed by atoms with Gasteiger partial charge in [-0.25, -0.2) is 9.78 Å². The van der Waals surface area contributed by atoms with Gasteiger partial charge in [0.05, 0.1) is 24.3 Å². The number of esters is 1. The predicted octanol–water partition coefficient (Wildman–Crippen LogP) is 2.47. The van der Waals surface area contributed by atoms with Crippen molar-refractivity contribution in [3.8, 4) is 0 Å². The van der Waals surface area contributed by atoms with Crippen LogP contribution in [0.3, 0.4) is 0 Å². The minimum atomic E-state index is -0.401. The summed E-state index contributed by atoms with van der Waals surface area (Å²) in [5.74, 6) is -0.401. The Morgan fingerprint density at radius 1 is 1.41 bits per heavy atom. The van der Waals surface area contributed by atoms with E-state index in [1.54, 1.807) is 12.1 Å². The number of halogens is 1. The fourth-order valence-electron chi connectivity index (χ4n) is 1.34. The molecule has 0 aliphatic heterocycles. The fraction of sp³-hybridized carbons (Fsp3) is 0.0833. The number of ether oxygens (including phenoxy) is 1. The molecular formula is C12H9ClN2O2. The minimum absolute atomic E-state index is 0.339. The van der Waals surface area contributed by atoms with Gasteiger partial charge >= 0.3 is 5.97 Å². The van der Waals surface area contributed by atoms with Crippen LogP contribution in [-0.4, -0.2) is 23.0 Å². The second kappa shape index (κ2) is 4.93. The highest BCUT2D eigenvalue weighted by atomic mass is 35.5. The first-order valence-corrected chi connectivity index (χ1v) is 5.25. The molecule has 4 nitrogen and oxygen atoms in total. The molecular weight excluding hydrogens is 240 g/mol. The molecule has 0 radical (unpaired) electrons. The Morgan fingerprint density at radius 2 is 2.24 bits per heavy atom. The monoisotopic (exact) mass is 248 g/mol. The molecule has 17 heavy (non-hydrogen) atoms. The van der Waals surface area contributed by atoms with E-state index >= 15 is 0 Å². The zero-order valence-corrected chi connectivity index (χ0v) is 9.81. The lowest BCUT2D eigenvalue weighted by Gasteiger charge is -1.98. The van der Waals surface area contributed by atoms with Gasteiger partial charge in [-0.1, -0.05) is 17.7 Å². The van der Waals surface area contributed by atoms with E-state index in [0.29, 0.717) is 10.7 Å². The average molecular weight is 249 g/mol. The van der Waals surface area contributed by atoms with Gasteiger partial charge in [0.1, 0.15) is 5.15 Å². The van der Waals surface area contributed by atoms with Crippen LogP contribution >= 0.6 is 11.6 Å². The van der Waals surface area contributed by atoms with E-state index in [1.807, 2.05) is 12.1 Å². The molecule has 1 aromatic carbocycles. The van der Waals surface area contributed by atoms with Crippen molar-refractivity contribution in [2.45, 2.75) is 0 Å². The summed E-state index contributed by atoms with van der Waals surface area (Å²) >= 11 is 5.76. The first-order chi connectivity index (χ1) is 8.19. The van der Waals surface area contributed by atoms with Crippen LogP contribution in [0.1, 0.15) is 5.56 Å². The average Bonchev–Trinajstić information content (AvgIpc) is 2.35. The molecule has 0 atom stereocenters. The van der Waals surface area contributed by atoms with Crippen molar-refractivity contribution >= 4 is 34.7 Å². The van der Waals surface area contributed by atoms with Gasteiger partial charge in [0.25, 0.3) is 0 Å². The van der Waals surface area contributed by atoms with Crippen molar-refractivity contribution in [2.75, 3.05) is 7.11 Å². The first kappa shape index (κ1) is 11.5.